The Bertz CT molecular complexity index is 702. The zero-order valence-electron chi connectivity index (χ0n) is 9.75. The second kappa shape index (κ2) is 5.48. The van der Waals surface area contributed by atoms with E-state index in [1.807, 2.05) is 0 Å². The molecule has 0 aliphatic rings. The average molecular weight is 367 g/mol. The molecule has 0 saturated carbocycles. The molecule has 102 valence electrons. The van der Waals surface area contributed by atoms with Crippen molar-refractivity contribution in [3.8, 4) is 5.75 Å². The van der Waals surface area contributed by atoms with Gasteiger partial charge >= 0.3 is 0 Å². The van der Waals surface area contributed by atoms with Gasteiger partial charge < -0.3 is 9.30 Å². The number of hydrogen-bond donors (Lipinski definition) is 0. The number of benzene rings is 1. The van der Waals surface area contributed by atoms with Gasteiger partial charge in [0.25, 0.3) is 9.05 Å². The van der Waals surface area contributed by atoms with Crippen LogP contribution < -0.4 is 4.74 Å². The number of rotatable bonds is 4. The molecule has 0 unspecified atom stereocenters. The van der Waals surface area contributed by atoms with Crippen molar-refractivity contribution in [2.75, 3.05) is 0 Å². The highest BCUT2D eigenvalue weighted by Gasteiger charge is 2.13. The molecule has 0 radical (unpaired) electrons. The highest BCUT2D eigenvalue weighted by atomic mass is 79.9. The van der Waals surface area contributed by atoms with Gasteiger partial charge in [0.1, 0.15) is 18.7 Å². The lowest BCUT2D eigenvalue weighted by molar-refractivity contribution is 0.289. The topological polar surface area (TPSA) is 74.1 Å². The number of aryl methyl sites for hydroxylation is 1. The fraction of sp³-hybridized carbons (Fsp3) is 0.200. The third-order valence-electron chi connectivity index (χ3n) is 2.35. The van der Waals surface area contributed by atoms with E-state index >= 15 is 0 Å². The van der Waals surface area contributed by atoms with Gasteiger partial charge in [0, 0.05) is 17.7 Å². The summed E-state index contributed by atoms with van der Waals surface area (Å²) in [5.74, 6) is 1.15. The van der Waals surface area contributed by atoms with Crippen LogP contribution in [0.25, 0.3) is 0 Å². The van der Waals surface area contributed by atoms with Gasteiger partial charge in [-0.05, 0) is 34.1 Å². The molecule has 6 nitrogen and oxygen atoms in total. The molecule has 0 bridgehead atoms. The fourth-order valence-corrected chi connectivity index (χ4v) is 2.75. The first kappa shape index (κ1) is 14.3. The van der Waals surface area contributed by atoms with E-state index < -0.39 is 9.05 Å². The van der Waals surface area contributed by atoms with Crippen molar-refractivity contribution in [1.29, 1.82) is 0 Å². The minimum atomic E-state index is -3.75. The van der Waals surface area contributed by atoms with Crippen molar-refractivity contribution in [3.63, 3.8) is 0 Å². The van der Waals surface area contributed by atoms with E-state index in [-0.39, 0.29) is 11.5 Å². The number of aromatic nitrogens is 3. The summed E-state index contributed by atoms with van der Waals surface area (Å²) in [6.45, 7) is 0.224. The number of nitrogens with zero attached hydrogens (tertiary/aromatic N) is 3. The van der Waals surface area contributed by atoms with E-state index in [9.17, 15) is 8.42 Å². The van der Waals surface area contributed by atoms with Crippen molar-refractivity contribution in [2.45, 2.75) is 11.5 Å². The zero-order valence-corrected chi connectivity index (χ0v) is 12.9. The zero-order chi connectivity index (χ0) is 14.0. The molecule has 1 heterocycles. The molecule has 9 heteroatoms. The molecule has 1 aromatic carbocycles. The highest BCUT2D eigenvalue weighted by Crippen LogP contribution is 2.29. The lowest BCUT2D eigenvalue weighted by Gasteiger charge is -2.08. The van der Waals surface area contributed by atoms with Gasteiger partial charge in [-0.25, -0.2) is 8.42 Å². The van der Waals surface area contributed by atoms with Crippen LogP contribution in [-0.2, 0) is 22.7 Å². The van der Waals surface area contributed by atoms with Crippen LogP contribution in [0.15, 0.2) is 33.9 Å². The first-order chi connectivity index (χ1) is 8.88. The Kier molecular flexibility index (Phi) is 4.12. The van der Waals surface area contributed by atoms with Crippen LogP contribution >= 0.6 is 26.6 Å². The van der Waals surface area contributed by atoms with E-state index in [1.165, 1.54) is 18.2 Å². The summed E-state index contributed by atoms with van der Waals surface area (Å²) in [4.78, 5) is 0.00653. The van der Waals surface area contributed by atoms with Crippen LogP contribution in [-0.4, -0.2) is 23.2 Å². The van der Waals surface area contributed by atoms with Crippen molar-refractivity contribution >= 4 is 35.7 Å². The summed E-state index contributed by atoms with van der Waals surface area (Å²) in [6, 6.07) is 4.28. The molecule has 0 N–H and O–H groups in total. The third-order valence-corrected chi connectivity index (χ3v) is 4.32. The summed E-state index contributed by atoms with van der Waals surface area (Å²) >= 11 is 3.23. The van der Waals surface area contributed by atoms with E-state index in [1.54, 1.807) is 17.9 Å². The van der Waals surface area contributed by atoms with Crippen molar-refractivity contribution in [1.82, 2.24) is 14.8 Å². The van der Waals surface area contributed by atoms with Crippen LogP contribution in [0.1, 0.15) is 5.82 Å². The second-order valence-electron chi connectivity index (χ2n) is 3.68. The Morgan fingerprint density at radius 1 is 1.47 bits per heavy atom. The molecule has 0 saturated heterocycles. The number of ether oxygens (including phenoxy) is 1. The molecular formula is C10H9BrClN3O3S. The second-order valence-corrected chi connectivity index (χ2v) is 7.10. The van der Waals surface area contributed by atoms with Crippen LogP contribution in [0.3, 0.4) is 0 Å². The van der Waals surface area contributed by atoms with E-state index in [4.69, 9.17) is 15.4 Å². The minimum absolute atomic E-state index is 0.00653. The Labute approximate surface area is 122 Å². The molecule has 19 heavy (non-hydrogen) atoms. The Morgan fingerprint density at radius 2 is 2.21 bits per heavy atom. The van der Waals surface area contributed by atoms with E-state index in [0.29, 0.717) is 16.0 Å². The largest absolute Gasteiger partial charge is 0.484 e. The number of halogens is 2. The Balaban J connectivity index is 2.16. The maximum atomic E-state index is 11.2. The first-order valence-electron chi connectivity index (χ1n) is 5.08. The van der Waals surface area contributed by atoms with E-state index in [0.717, 1.165) is 0 Å². The van der Waals surface area contributed by atoms with Crippen LogP contribution in [0.5, 0.6) is 5.75 Å². The van der Waals surface area contributed by atoms with Gasteiger partial charge in [-0.1, -0.05) is 0 Å². The quantitative estimate of drug-likeness (QED) is 0.775. The van der Waals surface area contributed by atoms with Crippen molar-refractivity contribution in [3.05, 3.63) is 34.8 Å². The predicted octanol–water partition coefficient (Wildman–Crippen LogP) is 2.08. The van der Waals surface area contributed by atoms with Gasteiger partial charge in [0.05, 0.1) is 9.37 Å². The van der Waals surface area contributed by atoms with E-state index in [2.05, 4.69) is 26.1 Å². The summed E-state index contributed by atoms with van der Waals surface area (Å²) in [5.41, 5.74) is 0. The summed E-state index contributed by atoms with van der Waals surface area (Å²) in [6.07, 6.45) is 1.57. The smallest absolute Gasteiger partial charge is 0.261 e. The maximum absolute atomic E-state index is 11.2. The molecule has 0 aliphatic heterocycles. The number of hydrogen-bond acceptors (Lipinski definition) is 5. The molecular weight excluding hydrogens is 358 g/mol. The normalized spacial score (nSPS) is 11.5. The third kappa shape index (κ3) is 3.46. The lowest BCUT2D eigenvalue weighted by Crippen LogP contribution is -2.03. The molecule has 2 rings (SSSR count). The van der Waals surface area contributed by atoms with Crippen LogP contribution in [0, 0.1) is 0 Å². The minimum Gasteiger partial charge on any atom is -0.484 e. The lowest BCUT2D eigenvalue weighted by atomic mass is 10.3. The van der Waals surface area contributed by atoms with Gasteiger partial charge in [0.15, 0.2) is 5.82 Å². The predicted molar refractivity (Wildman–Crippen MR) is 72.5 cm³/mol. The molecule has 0 atom stereocenters. The van der Waals surface area contributed by atoms with Gasteiger partial charge in [-0.2, -0.15) is 0 Å². The van der Waals surface area contributed by atoms with Crippen LogP contribution in [0.2, 0.25) is 0 Å². The molecule has 2 aromatic rings. The molecule has 1 aromatic heterocycles. The van der Waals surface area contributed by atoms with Gasteiger partial charge in [-0.3, -0.25) is 0 Å². The van der Waals surface area contributed by atoms with Crippen molar-refractivity contribution in [2.24, 2.45) is 7.05 Å². The summed E-state index contributed by atoms with van der Waals surface area (Å²) < 4.78 is 30.1. The fourth-order valence-electron chi connectivity index (χ4n) is 1.33. The Morgan fingerprint density at radius 3 is 2.74 bits per heavy atom. The first-order valence-corrected chi connectivity index (χ1v) is 8.18. The maximum Gasteiger partial charge on any atom is 0.261 e. The average Bonchev–Trinajstić information content (AvgIpc) is 2.72. The Hall–Kier alpha value is -1.12. The molecule has 0 amide bonds. The molecule has 0 spiro atoms. The summed E-state index contributed by atoms with van der Waals surface area (Å²) in [5, 5.41) is 7.60. The molecule has 0 fully saturated rings. The van der Waals surface area contributed by atoms with Crippen molar-refractivity contribution < 1.29 is 13.2 Å². The SMILES string of the molecule is Cn1cnnc1COc1ccc(S(=O)(=O)Cl)cc1Br. The van der Waals surface area contributed by atoms with Crippen LogP contribution in [0.4, 0.5) is 0 Å². The van der Waals surface area contributed by atoms with Gasteiger partial charge in [-0.15, -0.1) is 10.2 Å². The highest BCUT2D eigenvalue weighted by molar-refractivity contribution is 9.10. The van der Waals surface area contributed by atoms with Gasteiger partial charge in [0.2, 0.25) is 0 Å². The molecule has 0 aliphatic carbocycles. The summed E-state index contributed by atoms with van der Waals surface area (Å²) in [7, 11) is 3.31. The standard InChI is InChI=1S/C10H9BrClN3O3S/c1-15-6-13-14-10(15)5-18-9-3-2-7(4-8(9)11)19(12,16)17/h2-4,6H,5H2,1H3. The monoisotopic (exact) mass is 365 g/mol.